The number of likely N-dealkylation sites (tertiary alicyclic amines) is 1. The Bertz CT molecular complexity index is 607. The molecule has 0 bridgehead atoms. The summed E-state index contributed by atoms with van der Waals surface area (Å²) in [6.07, 6.45) is -1.03. The lowest BCUT2D eigenvalue weighted by atomic mass is 10.1. The van der Waals surface area contributed by atoms with Crippen LogP contribution in [0.15, 0.2) is 24.3 Å². The Morgan fingerprint density at radius 3 is 2.73 bits per heavy atom. The van der Waals surface area contributed by atoms with Crippen molar-refractivity contribution in [1.82, 2.24) is 4.90 Å². The van der Waals surface area contributed by atoms with E-state index in [4.69, 9.17) is 4.74 Å². The molecule has 1 aliphatic heterocycles. The molecule has 0 aromatic heterocycles. The highest BCUT2D eigenvalue weighted by Crippen LogP contribution is 2.19. The van der Waals surface area contributed by atoms with Crippen LogP contribution in [0.2, 0.25) is 0 Å². The summed E-state index contributed by atoms with van der Waals surface area (Å²) in [4.78, 5) is 13.5. The Hall–Kier alpha value is -1.99. The van der Waals surface area contributed by atoms with Gasteiger partial charge in [0.1, 0.15) is 5.60 Å². The minimum atomic E-state index is -0.634. The molecule has 4 heteroatoms. The second-order valence-corrected chi connectivity index (χ2v) is 6.70. The summed E-state index contributed by atoms with van der Waals surface area (Å²) in [5.74, 6) is 5.91. The molecular formula is C18H23NO3. The van der Waals surface area contributed by atoms with E-state index in [1.807, 2.05) is 52.0 Å². The number of rotatable bonds is 0. The van der Waals surface area contributed by atoms with Crippen LogP contribution in [0.25, 0.3) is 0 Å². The Balaban J connectivity index is 2.01. The van der Waals surface area contributed by atoms with Crippen molar-refractivity contribution in [2.24, 2.45) is 5.92 Å². The lowest BCUT2D eigenvalue weighted by Crippen LogP contribution is -2.35. The van der Waals surface area contributed by atoms with Gasteiger partial charge < -0.3 is 14.7 Å². The molecule has 22 heavy (non-hydrogen) atoms. The predicted molar refractivity (Wildman–Crippen MR) is 85.4 cm³/mol. The van der Waals surface area contributed by atoms with E-state index in [0.717, 1.165) is 11.1 Å². The first-order valence-electron chi connectivity index (χ1n) is 7.49. The van der Waals surface area contributed by atoms with E-state index in [0.29, 0.717) is 6.54 Å². The van der Waals surface area contributed by atoms with E-state index in [2.05, 4.69) is 11.8 Å². The zero-order valence-electron chi connectivity index (χ0n) is 13.6. The fourth-order valence-electron chi connectivity index (χ4n) is 2.30. The van der Waals surface area contributed by atoms with Gasteiger partial charge in [-0.3, -0.25) is 0 Å². The number of benzene rings is 1. The largest absolute Gasteiger partial charge is 0.444 e. The molecular weight excluding hydrogens is 278 g/mol. The van der Waals surface area contributed by atoms with Crippen LogP contribution < -0.4 is 0 Å². The highest BCUT2D eigenvalue weighted by molar-refractivity contribution is 5.68. The van der Waals surface area contributed by atoms with Gasteiger partial charge in [-0.15, -0.1) is 0 Å². The van der Waals surface area contributed by atoms with Gasteiger partial charge in [-0.2, -0.15) is 0 Å². The third kappa shape index (κ3) is 4.51. The Kier molecular flexibility index (Phi) is 4.77. The standard InChI is InChI=1S/C18H23NO3/c1-13-6-5-7-14(10-13)8-9-15-11-19(12-16(15)20)17(21)22-18(2,3)4/h5-7,10,15-16,20H,11-12H2,1-4H3/t15-,16-/m1/s1. The normalized spacial score (nSPS) is 21.2. The summed E-state index contributed by atoms with van der Waals surface area (Å²) < 4.78 is 5.32. The average Bonchev–Trinajstić information content (AvgIpc) is 2.76. The number of β-amino-alcohol motifs (C(OH)–C–C–N with tert-alkyl or cyclic N) is 1. The van der Waals surface area contributed by atoms with Crippen LogP contribution in [0.4, 0.5) is 4.79 Å². The van der Waals surface area contributed by atoms with Crippen LogP contribution in [0.3, 0.4) is 0 Å². The lowest BCUT2D eigenvalue weighted by Gasteiger charge is -2.24. The first kappa shape index (κ1) is 16.4. The summed E-state index contributed by atoms with van der Waals surface area (Å²) in [5, 5.41) is 10.1. The molecule has 0 aliphatic carbocycles. The van der Waals surface area contributed by atoms with Crippen LogP contribution in [0.5, 0.6) is 0 Å². The Morgan fingerprint density at radius 2 is 2.09 bits per heavy atom. The molecule has 0 saturated carbocycles. The number of nitrogens with zero attached hydrogens (tertiary/aromatic N) is 1. The van der Waals surface area contributed by atoms with Gasteiger partial charge in [0.2, 0.25) is 0 Å². The van der Waals surface area contributed by atoms with Crippen LogP contribution in [-0.2, 0) is 4.74 Å². The molecule has 1 fully saturated rings. The van der Waals surface area contributed by atoms with E-state index in [9.17, 15) is 9.90 Å². The zero-order valence-corrected chi connectivity index (χ0v) is 13.6. The maximum absolute atomic E-state index is 12.0. The fourth-order valence-corrected chi connectivity index (χ4v) is 2.30. The summed E-state index contributed by atoms with van der Waals surface area (Å²) in [6.45, 7) is 8.15. The monoisotopic (exact) mass is 301 g/mol. The van der Waals surface area contributed by atoms with Gasteiger partial charge in [-0.1, -0.05) is 24.0 Å². The SMILES string of the molecule is Cc1cccc(C#C[C@@H]2CN(C(=O)OC(C)(C)C)C[C@H]2O)c1. The molecule has 2 rings (SSSR count). The number of carbonyl (C=O) groups excluding carboxylic acids is 1. The number of aliphatic hydroxyl groups is 1. The van der Waals surface area contributed by atoms with Gasteiger partial charge in [-0.05, 0) is 45.4 Å². The topological polar surface area (TPSA) is 49.8 Å². The molecule has 2 atom stereocenters. The molecule has 1 saturated heterocycles. The van der Waals surface area contributed by atoms with Crippen LogP contribution in [0.1, 0.15) is 31.9 Å². The number of hydrogen-bond acceptors (Lipinski definition) is 3. The number of hydrogen-bond donors (Lipinski definition) is 1. The maximum atomic E-state index is 12.0. The molecule has 118 valence electrons. The molecule has 1 aliphatic rings. The second kappa shape index (κ2) is 6.41. The molecule has 0 radical (unpaired) electrons. The third-order valence-corrected chi connectivity index (χ3v) is 3.36. The molecule has 1 amide bonds. The first-order valence-corrected chi connectivity index (χ1v) is 7.49. The van der Waals surface area contributed by atoms with Crippen molar-refractivity contribution < 1.29 is 14.6 Å². The van der Waals surface area contributed by atoms with Crippen LogP contribution in [0, 0.1) is 24.7 Å². The smallest absolute Gasteiger partial charge is 0.410 e. The summed E-state index contributed by atoms with van der Waals surface area (Å²) in [6, 6.07) is 7.91. The fraction of sp³-hybridized carbons (Fsp3) is 0.500. The van der Waals surface area contributed by atoms with Gasteiger partial charge in [0.25, 0.3) is 0 Å². The minimum absolute atomic E-state index is 0.243. The van der Waals surface area contributed by atoms with Crippen molar-refractivity contribution in [1.29, 1.82) is 0 Å². The molecule has 1 heterocycles. The minimum Gasteiger partial charge on any atom is -0.444 e. The van der Waals surface area contributed by atoms with Crippen molar-refractivity contribution in [2.45, 2.75) is 39.4 Å². The van der Waals surface area contributed by atoms with Crippen molar-refractivity contribution in [2.75, 3.05) is 13.1 Å². The summed E-state index contributed by atoms with van der Waals surface area (Å²) in [7, 11) is 0. The number of ether oxygens (including phenoxy) is 1. The van der Waals surface area contributed by atoms with Crippen LogP contribution in [-0.4, -0.2) is 40.9 Å². The van der Waals surface area contributed by atoms with Gasteiger partial charge in [0, 0.05) is 12.1 Å². The van der Waals surface area contributed by atoms with Gasteiger partial charge in [0.05, 0.1) is 18.6 Å². The highest BCUT2D eigenvalue weighted by Gasteiger charge is 2.35. The first-order chi connectivity index (χ1) is 10.2. The molecule has 1 N–H and O–H groups in total. The van der Waals surface area contributed by atoms with E-state index in [-0.39, 0.29) is 12.5 Å². The van der Waals surface area contributed by atoms with E-state index < -0.39 is 17.8 Å². The van der Waals surface area contributed by atoms with Crippen LogP contribution >= 0.6 is 0 Å². The average molecular weight is 301 g/mol. The number of aliphatic hydroxyl groups excluding tert-OH is 1. The van der Waals surface area contributed by atoms with Gasteiger partial charge in [0.15, 0.2) is 0 Å². The molecule has 1 aromatic rings. The van der Waals surface area contributed by atoms with Crippen molar-refractivity contribution in [3.63, 3.8) is 0 Å². The van der Waals surface area contributed by atoms with Gasteiger partial charge >= 0.3 is 6.09 Å². The second-order valence-electron chi connectivity index (χ2n) is 6.70. The Labute approximate surface area is 132 Å². The predicted octanol–water partition coefficient (Wildman–Crippen LogP) is 2.57. The number of amides is 1. The van der Waals surface area contributed by atoms with Crippen molar-refractivity contribution >= 4 is 6.09 Å². The van der Waals surface area contributed by atoms with Crippen molar-refractivity contribution in [3.8, 4) is 11.8 Å². The van der Waals surface area contributed by atoms with Gasteiger partial charge in [-0.25, -0.2) is 4.79 Å². The number of aryl methyl sites for hydroxylation is 1. The van der Waals surface area contributed by atoms with Crippen molar-refractivity contribution in [3.05, 3.63) is 35.4 Å². The summed E-state index contributed by atoms with van der Waals surface area (Å²) >= 11 is 0. The Morgan fingerprint density at radius 1 is 1.36 bits per heavy atom. The molecule has 4 nitrogen and oxygen atoms in total. The quantitative estimate of drug-likeness (QED) is 0.749. The van der Waals surface area contributed by atoms with E-state index >= 15 is 0 Å². The zero-order chi connectivity index (χ0) is 16.3. The highest BCUT2D eigenvalue weighted by atomic mass is 16.6. The lowest BCUT2D eigenvalue weighted by molar-refractivity contribution is 0.0270. The van der Waals surface area contributed by atoms with E-state index in [1.54, 1.807) is 0 Å². The van der Waals surface area contributed by atoms with E-state index in [1.165, 1.54) is 4.90 Å². The molecule has 0 spiro atoms. The molecule has 0 unspecified atom stereocenters. The molecule has 1 aromatic carbocycles. The number of carbonyl (C=O) groups is 1. The summed E-state index contributed by atoms with van der Waals surface area (Å²) in [5.41, 5.74) is 1.53. The third-order valence-electron chi connectivity index (χ3n) is 3.36. The maximum Gasteiger partial charge on any atom is 0.410 e.